The van der Waals surface area contributed by atoms with Crippen molar-refractivity contribution in [3.63, 3.8) is 0 Å². The zero-order valence-electron chi connectivity index (χ0n) is 10.1. The quantitative estimate of drug-likeness (QED) is 0.606. The molecule has 0 atom stereocenters. The molecule has 0 fully saturated rings. The third kappa shape index (κ3) is 1.74. The minimum absolute atomic E-state index is 0.308. The predicted molar refractivity (Wildman–Crippen MR) is 70.7 cm³/mol. The molecule has 3 rings (SSSR count). The molecule has 0 amide bonds. The molecule has 0 radical (unpaired) electrons. The summed E-state index contributed by atoms with van der Waals surface area (Å²) in [7, 11) is 0. The first kappa shape index (κ1) is 11.1. The second kappa shape index (κ2) is 4.37. The predicted octanol–water partition coefficient (Wildman–Crippen LogP) is 2.64. The van der Waals surface area contributed by atoms with E-state index in [1.807, 2.05) is 0 Å². The van der Waals surface area contributed by atoms with Crippen molar-refractivity contribution in [3.8, 4) is 0 Å². The van der Waals surface area contributed by atoms with Gasteiger partial charge in [-0.15, -0.1) is 0 Å². The van der Waals surface area contributed by atoms with Crippen molar-refractivity contribution in [3.05, 3.63) is 47.0 Å². The fraction of sp³-hybridized carbons (Fsp3) is 0.250. The number of benzene rings is 2. The van der Waals surface area contributed by atoms with Crippen molar-refractivity contribution in [2.24, 2.45) is 0 Å². The average molecular weight is 238 g/mol. The molecule has 2 aromatic carbocycles. The van der Waals surface area contributed by atoms with Gasteiger partial charge in [-0.05, 0) is 46.7 Å². The molecule has 1 aliphatic carbocycles. The van der Waals surface area contributed by atoms with E-state index in [9.17, 15) is 9.59 Å². The molecule has 0 bridgehead atoms. The maximum atomic E-state index is 11.1. The van der Waals surface area contributed by atoms with E-state index < -0.39 is 0 Å². The summed E-state index contributed by atoms with van der Waals surface area (Å²) >= 11 is 0. The van der Waals surface area contributed by atoms with Gasteiger partial charge in [0.05, 0.1) is 0 Å². The molecule has 1 aliphatic rings. The normalized spacial score (nSPS) is 12.9. The van der Waals surface area contributed by atoms with Crippen LogP contribution in [0.15, 0.2) is 30.3 Å². The third-order valence-electron chi connectivity index (χ3n) is 3.74. The highest BCUT2D eigenvalue weighted by atomic mass is 16.2. The van der Waals surface area contributed by atoms with Crippen LogP contribution in [0.25, 0.3) is 10.8 Å². The summed E-state index contributed by atoms with van der Waals surface area (Å²) in [5, 5.41) is 2.62. The molecule has 0 aliphatic heterocycles. The SMILES string of the molecule is O=CC(=O)CCc1ccc2c3c(cccc13)CC2. The van der Waals surface area contributed by atoms with Crippen molar-refractivity contribution in [2.45, 2.75) is 25.7 Å². The zero-order valence-corrected chi connectivity index (χ0v) is 10.1. The van der Waals surface area contributed by atoms with Crippen LogP contribution in [0.1, 0.15) is 23.1 Å². The lowest BCUT2D eigenvalue weighted by Gasteiger charge is -2.07. The van der Waals surface area contributed by atoms with Gasteiger partial charge in [0.1, 0.15) is 0 Å². The van der Waals surface area contributed by atoms with Gasteiger partial charge >= 0.3 is 0 Å². The first-order valence-corrected chi connectivity index (χ1v) is 6.30. The van der Waals surface area contributed by atoms with Crippen LogP contribution in [0.4, 0.5) is 0 Å². The summed E-state index contributed by atoms with van der Waals surface area (Å²) in [4.78, 5) is 21.5. The highest BCUT2D eigenvalue weighted by Crippen LogP contribution is 2.33. The van der Waals surface area contributed by atoms with Crippen molar-refractivity contribution in [1.82, 2.24) is 0 Å². The lowest BCUT2D eigenvalue weighted by atomic mass is 9.97. The molecular weight excluding hydrogens is 224 g/mol. The number of carbonyl (C=O) groups excluding carboxylic acids is 2. The number of hydrogen-bond donors (Lipinski definition) is 0. The number of hydrogen-bond acceptors (Lipinski definition) is 2. The first-order valence-electron chi connectivity index (χ1n) is 6.30. The van der Waals surface area contributed by atoms with Gasteiger partial charge in [-0.2, -0.15) is 0 Å². The van der Waals surface area contributed by atoms with Gasteiger partial charge in [0.15, 0.2) is 12.1 Å². The minimum Gasteiger partial charge on any atom is -0.295 e. The highest BCUT2D eigenvalue weighted by Gasteiger charge is 2.15. The third-order valence-corrected chi connectivity index (χ3v) is 3.74. The maximum absolute atomic E-state index is 11.1. The van der Waals surface area contributed by atoms with Crippen molar-refractivity contribution in [2.75, 3.05) is 0 Å². The standard InChI is InChI=1S/C16H14O2/c17-10-14(18)9-8-11-4-5-13-7-6-12-2-1-3-15(11)16(12)13/h1-5,10H,6-9H2. The number of Topliss-reactive ketones (excluding diaryl/α,β-unsaturated/α-hetero) is 1. The van der Waals surface area contributed by atoms with E-state index in [-0.39, 0.29) is 5.78 Å². The summed E-state index contributed by atoms with van der Waals surface area (Å²) in [6.07, 6.45) is 3.60. The first-order chi connectivity index (χ1) is 8.79. The summed E-state index contributed by atoms with van der Waals surface area (Å²) in [6, 6.07) is 10.6. The Balaban J connectivity index is 2.04. The average Bonchev–Trinajstić information content (AvgIpc) is 2.83. The molecule has 0 N–H and O–H groups in total. The monoisotopic (exact) mass is 238 g/mol. The molecule has 18 heavy (non-hydrogen) atoms. The van der Waals surface area contributed by atoms with Gasteiger partial charge in [-0.1, -0.05) is 30.3 Å². The molecule has 0 saturated carbocycles. The van der Waals surface area contributed by atoms with Crippen LogP contribution in [0, 0.1) is 0 Å². The van der Waals surface area contributed by atoms with E-state index in [4.69, 9.17) is 0 Å². The second-order valence-corrected chi connectivity index (χ2v) is 4.81. The Kier molecular flexibility index (Phi) is 2.71. The van der Waals surface area contributed by atoms with Crippen molar-refractivity contribution >= 4 is 22.8 Å². The molecule has 0 saturated heterocycles. The minimum atomic E-state index is -0.321. The van der Waals surface area contributed by atoms with Gasteiger partial charge < -0.3 is 0 Å². The smallest absolute Gasteiger partial charge is 0.195 e. The van der Waals surface area contributed by atoms with Crippen LogP contribution in [-0.2, 0) is 28.9 Å². The van der Waals surface area contributed by atoms with Gasteiger partial charge in [0, 0.05) is 6.42 Å². The van der Waals surface area contributed by atoms with Crippen molar-refractivity contribution in [1.29, 1.82) is 0 Å². The van der Waals surface area contributed by atoms with Crippen LogP contribution in [0.5, 0.6) is 0 Å². The van der Waals surface area contributed by atoms with Crippen LogP contribution < -0.4 is 0 Å². The van der Waals surface area contributed by atoms with Gasteiger partial charge in [-0.25, -0.2) is 0 Å². The number of ketones is 1. The highest BCUT2D eigenvalue weighted by molar-refractivity contribution is 6.24. The van der Waals surface area contributed by atoms with Crippen molar-refractivity contribution < 1.29 is 9.59 Å². The lowest BCUT2D eigenvalue weighted by Crippen LogP contribution is -2.01. The molecular formula is C16H14O2. The number of aryl methyl sites for hydroxylation is 3. The van der Waals surface area contributed by atoms with Crippen LogP contribution >= 0.6 is 0 Å². The summed E-state index contributed by atoms with van der Waals surface area (Å²) < 4.78 is 0. The van der Waals surface area contributed by atoms with Gasteiger partial charge in [-0.3, -0.25) is 9.59 Å². The number of rotatable bonds is 4. The van der Waals surface area contributed by atoms with Gasteiger partial charge in [0.2, 0.25) is 0 Å². The summed E-state index contributed by atoms with van der Waals surface area (Å²) in [5.41, 5.74) is 3.99. The van der Waals surface area contributed by atoms with E-state index in [0.717, 1.165) is 12.8 Å². The fourth-order valence-electron chi connectivity index (χ4n) is 2.84. The van der Waals surface area contributed by atoms with E-state index in [1.54, 1.807) is 0 Å². The van der Waals surface area contributed by atoms with Crippen LogP contribution in [-0.4, -0.2) is 12.1 Å². The lowest BCUT2D eigenvalue weighted by molar-refractivity contribution is -0.129. The Morgan fingerprint density at radius 3 is 2.67 bits per heavy atom. The molecule has 2 nitrogen and oxygen atoms in total. The topological polar surface area (TPSA) is 34.1 Å². The Hall–Kier alpha value is -1.96. The Labute approximate surface area is 106 Å². The van der Waals surface area contributed by atoms with Gasteiger partial charge in [0.25, 0.3) is 0 Å². The maximum Gasteiger partial charge on any atom is 0.195 e. The van der Waals surface area contributed by atoms with E-state index in [1.165, 1.54) is 27.5 Å². The molecule has 2 aromatic rings. The Bertz CT molecular complexity index is 631. The van der Waals surface area contributed by atoms with Crippen LogP contribution in [0.3, 0.4) is 0 Å². The summed E-state index contributed by atoms with van der Waals surface area (Å²) in [5.74, 6) is -0.321. The van der Waals surface area contributed by atoms with E-state index >= 15 is 0 Å². The van der Waals surface area contributed by atoms with E-state index in [0.29, 0.717) is 19.1 Å². The molecule has 90 valence electrons. The Morgan fingerprint density at radius 2 is 1.89 bits per heavy atom. The Morgan fingerprint density at radius 1 is 1.11 bits per heavy atom. The molecule has 0 aromatic heterocycles. The second-order valence-electron chi connectivity index (χ2n) is 4.81. The number of carbonyl (C=O) groups is 2. The largest absolute Gasteiger partial charge is 0.295 e. The van der Waals surface area contributed by atoms with E-state index in [2.05, 4.69) is 30.3 Å². The molecule has 0 spiro atoms. The molecule has 2 heteroatoms. The van der Waals surface area contributed by atoms with Crippen LogP contribution in [0.2, 0.25) is 0 Å². The fourth-order valence-corrected chi connectivity index (χ4v) is 2.84. The summed E-state index contributed by atoms with van der Waals surface area (Å²) in [6.45, 7) is 0. The zero-order chi connectivity index (χ0) is 12.5. The molecule has 0 heterocycles. The molecule has 0 unspecified atom stereocenters. The number of aldehydes is 1.